The second-order valence-corrected chi connectivity index (χ2v) is 5.31. The molecule has 1 aliphatic carbocycles. The Bertz CT molecular complexity index is 649. The number of halogens is 3. The number of alkyl halides is 3. The van der Waals surface area contributed by atoms with E-state index in [4.69, 9.17) is 10.2 Å². The van der Waals surface area contributed by atoms with Crippen LogP contribution in [0, 0.1) is 5.92 Å². The van der Waals surface area contributed by atoms with Crippen LogP contribution in [0.4, 0.5) is 13.2 Å². The van der Waals surface area contributed by atoms with E-state index in [1.807, 2.05) is 0 Å². The van der Waals surface area contributed by atoms with E-state index in [2.05, 4.69) is 4.98 Å². The van der Waals surface area contributed by atoms with Crippen molar-refractivity contribution in [2.75, 3.05) is 6.54 Å². The van der Waals surface area contributed by atoms with Gasteiger partial charge in [0.05, 0.1) is 11.3 Å². The van der Waals surface area contributed by atoms with Gasteiger partial charge >= 0.3 is 6.18 Å². The van der Waals surface area contributed by atoms with E-state index in [1.54, 1.807) is 6.07 Å². The first-order chi connectivity index (χ1) is 9.97. The third-order valence-electron chi connectivity index (χ3n) is 3.81. The Morgan fingerprint density at radius 2 is 2.14 bits per heavy atom. The van der Waals surface area contributed by atoms with Crippen LogP contribution in [0.15, 0.2) is 28.7 Å². The predicted octanol–water partition coefficient (Wildman–Crippen LogP) is 3.42. The van der Waals surface area contributed by atoms with Crippen molar-refractivity contribution in [3.63, 3.8) is 0 Å². The summed E-state index contributed by atoms with van der Waals surface area (Å²) in [6, 6.07) is 5.05. The van der Waals surface area contributed by atoms with Crippen molar-refractivity contribution >= 4 is 0 Å². The highest BCUT2D eigenvalue weighted by molar-refractivity contribution is 5.55. The Morgan fingerprint density at radius 1 is 1.33 bits per heavy atom. The van der Waals surface area contributed by atoms with Crippen molar-refractivity contribution in [2.45, 2.75) is 25.4 Å². The maximum absolute atomic E-state index is 12.7. The molecule has 6 heteroatoms. The lowest BCUT2D eigenvalue weighted by Crippen LogP contribution is -2.21. The van der Waals surface area contributed by atoms with Crippen LogP contribution in [-0.4, -0.2) is 11.5 Å². The first-order valence-electron chi connectivity index (χ1n) is 6.83. The Labute approximate surface area is 120 Å². The lowest BCUT2D eigenvalue weighted by molar-refractivity contribution is -0.137. The molecule has 1 aromatic carbocycles. The first-order valence-corrected chi connectivity index (χ1v) is 6.83. The number of nitrogens with zero attached hydrogens (tertiary/aromatic N) is 1. The fourth-order valence-corrected chi connectivity index (χ4v) is 2.60. The van der Waals surface area contributed by atoms with E-state index < -0.39 is 11.7 Å². The van der Waals surface area contributed by atoms with Crippen LogP contribution in [0.2, 0.25) is 0 Å². The zero-order valence-electron chi connectivity index (χ0n) is 11.3. The Balaban J connectivity index is 1.94. The Hall–Kier alpha value is -1.82. The number of aryl methyl sites for hydroxylation is 1. The number of oxazole rings is 1. The minimum absolute atomic E-state index is 0.253. The van der Waals surface area contributed by atoms with E-state index in [-0.39, 0.29) is 5.89 Å². The summed E-state index contributed by atoms with van der Waals surface area (Å²) < 4.78 is 43.9. The number of hydrogen-bond donors (Lipinski definition) is 1. The average Bonchev–Trinajstić information content (AvgIpc) is 2.89. The number of benzene rings is 1. The third kappa shape index (κ3) is 2.81. The van der Waals surface area contributed by atoms with Gasteiger partial charge in [0.1, 0.15) is 5.76 Å². The summed E-state index contributed by atoms with van der Waals surface area (Å²) in [6.07, 6.45) is -1.97. The lowest BCUT2D eigenvalue weighted by atomic mass is 9.90. The summed E-state index contributed by atoms with van der Waals surface area (Å²) in [6.45, 7) is 0.588. The molecule has 21 heavy (non-hydrogen) atoms. The summed E-state index contributed by atoms with van der Waals surface area (Å²) in [5.41, 5.74) is 6.14. The molecule has 1 unspecified atom stereocenters. The molecule has 1 aromatic heterocycles. The van der Waals surface area contributed by atoms with Gasteiger partial charge < -0.3 is 10.2 Å². The molecule has 0 fully saturated rings. The van der Waals surface area contributed by atoms with Crippen LogP contribution in [-0.2, 0) is 19.0 Å². The molecule has 1 atom stereocenters. The van der Waals surface area contributed by atoms with E-state index in [1.165, 1.54) is 6.07 Å². The highest BCUT2D eigenvalue weighted by atomic mass is 19.4. The first kappa shape index (κ1) is 14.1. The fraction of sp³-hybridized carbons (Fsp3) is 0.400. The van der Waals surface area contributed by atoms with Crippen molar-refractivity contribution in [1.29, 1.82) is 0 Å². The molecule has 0 radical (unpaired) electrons. The minimum Gasteiger partial charge on any atom is -0.441 e. The van der Waals surface area contributed by atoms with E-state index in [9.17, 15) is 13.2 Å². The monoisotopic (exact) mass is 296 g/mol. The fourth-order valence-electron chi connectivity index (χ4n) is 2.60. The van der Waals surface area contributed by atoms with Crippen molar-refractivity contribution in [3.05, 3.63) is 41.3 Å². The Kier molecular flexibility index (Phi) is 3.49. The summed E-state index contributed by atoms with van der Waals surface area (Å²) in [4.78, 5) is 4.35. The molecule has 3 rings (SSSR count). The van der Waals surface area contributed by atoms with Crippen molar-refractivity contribution < 1.29 is 17.6 Å². The van der Waals surface area contributed by atoms with Gasteiger partial charge in [-0.2, -0.15) is 13.2 Å². The molecule has 0 saturated carbocycles. The summed E-state index contributed by atoms with van der Waals surface area (Å²) in [7, 11) is 0. The zero-order valence-corrected chi connectivity index (χ0v) is 11.3. The number of rotatable bonds is 2. The maximum Gasteiger partial charge on any atom is 0.416 e. The number of fused-ring (bicyclic) bond motifs is 1. The van der Waals surface area contributed by atoms with Crippen molar-refractivity contribution in [1.82, 2.24) is 4.98 Å². The largest absolute Gasteiger partial charge is 0.441 e. The SMILES string of the molecule is NCC1CCc2oc(-c3cccc(C(F)(F)F)c3)nc2C1. The number of aromatic nitrogens is 1. The van der Waals surface area contributed by atoms with Crippen LogP contribution in [0.5, 0.6) is 0 Å². The van der Waals surface area contributed by atoms with Crippen molar-refractivity contribution in [2.24, 2.45) is 11.7 Å². The van der Waals surface area contributed by atoms with Gasteiger partial charge in [0.25, 0.3) is 0 Å². The normalized spacial score (nSPS) is 18.6. The molecule has 0 amide bonds. The van der Waals surface area contributed by atoms with Gasteiger partial charge in [-0.3, -0.25) is 0 Å². The standard InChI is InChI=1S/C15H15F3N2O/c16-15(17,18)11-3-1-2-10(7-11)14-20-12-6-9(8-19)4-5-13(12)21-14/h1-3,7,9H,4-6,8,19H2. The summed E-state index contributed by atoms with van der Waals surface area (Å²) in [5.74, 6) is 1.40. The molecule has 2 aromatic rings. The number of nitrogens with two attached hydrogens (primary N) is 1. The molecular formula is C15H15F3N2O. The van der Waals surface area contributed by atoms with Crippen LogP contribution in [0.1, 0.15) is 23.4 Å². The minimum atomic E-state index is -4.37. The molecule has 0 bridgehead atoms. The molecule has 112 valence electrons. The van der Waals surface area contributed by atoms with Gasteiger partial charge in [0.2, 0.25) is 5.89 Å². The quantitative estimate of drug-likeness (QED) is 0.923. The molecule has 3 nitrogen and oxygen atoms in total. The lowest BCUT2D eigenvalue weighted by Gasteiger charge is -2.17. The van der Waals surface area contributed by atoms with Crippen LogP contribution in [0.3, 0.4) is 0 Å². The smallest absolute Gasteiger partial charge is 0.416 e. The van der Waals surface area contributed by atoms with Crippen LogP contribution in [0.25, 0.3) is 11.5 Å². The van der Waals surface area contributed by atoms with E-state index >= 15 is 0 Å². The summed E-state index contributed by atoms with van der Waals surface area (Å²) >= 11 is 0. The summed E-state index contributed by atoms with van der Waals surface area (Å²) in [5, 5.41) is 0. The van der Waals surface area contributed by atoms with Gasteiger partial charge in [-0.15, -0.1) is 0 Å². The molecule has 2 N–H and O–H groups in total. The third-order valence-corrected chi connectivity index (χ3v) is 3.81. The van der Waals surface area contributed by atoms with Gasteiger partial charge in [-0.05, 0) is 43.5 Å². The topological polar surface area (TPSA) is 52.0 Å². The van der Waals surface area contributed by atoms with Crippen LogP contribution >= 0.6 is 0 Å². The van der Waals surface area contributed by atoms with Gasteiger partial charge in [0, 0.05) is 12.0 Å². The highest BCUT2D eigenvalue weighted by Gasteiger charge is 2.31. The molecular weight excluding hydrogens is 281 g/mol. The maximum atomic E-state index is 12.7. The Morgan fingerprint density at radius 3 is 2.86 bits per heavy atom. The molecule has 0 aliphatic heterocycles. The van der Waals surface area contributed by atoms with Gasteiger partial charge in [-0.1, -0.05) is 6.07 Å². The predicted molar refractivity (Wildman–Crippen MR) is 71.5 cm³/mol. The molecule has 0 saturated heterocycles. The molecule has 1 aliphatic rings. The highest BCUT2D eigenvalue weighted by Crippen LogP contribution is 2.34. The molecule has 1 heterocycles. The van der Waals surface area contributed by atoms with E-state index in [0.29, 0.717) is 18.0 Å². The second-order valence-electron chi connectivity index (χ2n) is 5.31. The number of hydrogen-bond acceptors (Lipinski definition) is 3. The van der Waals surface area contributed by atoms with Crippen molar-refractivity contribution in [3.8, 4) is 11.5 Å². The average molecular weight is 296 g/mol. The molecule has 0 spiro atoms. The van der Waals surface area contributed by atoms with E-state index in [0.717, 1.165) is 42.8 Å². The second kappa shape index (κ2) is 5.18. The van der Waals surface area contributed by atoms with Gasteiger partial charge in [0.15, 0.2) is 0 Å². The zero-order chi connectivity index (χ0) is 15.0. The van der Waals surface area contributed by atoms with Gasteiger partial charge in [-0.25, -0.2) is 4.98 Å². The van der Waals surface area contributed by atoms with Crippen LogP contribution < -0.4 is 5.73 Å².